The molecule has 0 aliphatic carbocycles. The number of carboxylic acid groups (broad SMARTS) is 1. The highest BCUT2D eigenvalue weighted by Crippen LogP contribution is 2.29. The van der Waals surface area contributed by atoms with Crippen LogP contribution in [0.3, 0.4) is 0 Å². The number of aromatic carboxylic acids is 1. The summed E-state index contributed by atoms with van der Waals surface area (Å²) in [6.45, 7) is 2.51. The van der Waals surface area contributed by atoms with Crippen molar-refractivity contribution >= 4 is 44.6 Å². The van der Waals surface area contributed by atoms with E-state index in [2.05, 4.69) is 10.6 Å². The summed E-state index contributed by atoms with van der Waals surface area (Å²) in [6, 6.07) is 13.5. The van der Waals surface area contributed by atoms with Crippen LogP contribution in [0, 0.1) is 17.0 Å². The van der Waals surface area contributed by atoms with Gasteiger partial charge < -0.3 is 15.7 Å². The summed E-state index contributed by atoms with van der Waals surface area (Å²) >= 11 is 1.08. The van der Waals surface area contributed by atoms with Crippen LogP contribution in [0.15, 0.2) is 58.8 Å². The lowest BCUT2D eigenvalue weighted by atomic mass is 10.0. The molecule has 0 bridgehead atoms. The number of benzene rings is 2. The fraction of sp³-hybridized carbons (Fsp3) is 0.280. The van der Waals surface area contributed by atoms with Crippen molar-refractivity contribution in [2.45, 2.75) is 36.6 Å². The third-order valence-electron chi connectivity index (χ3n) is 6.37. The molecule has 3 aromatic rings. The Morgan fingerprint density at radius 3 is 2.42 bits per heavy atom. The van der Waals surface area contributed by atoms with Crippen LogP contribution in [0.5, 0.6) is 0 Å². The Hall–Kier alpha value is -3.81. The van der Waals surface area contributed by atoms with Crippen LogP contribution in [0.25, 0.3) is 0 Å². The summed E-state index contributed by atoms with van der Waals surface area (Å²) in [4.78, 5) is 34.6. The minimum Gasteiger partial charge on any atom is -0.478 e. The van der Waals surface area contributed by atoms with Gasteiger partial charge >= 0.3 is 5.97 Å². The van der Waals surface area contributed by atoms with E-state index >= 15 is 0 Å². The third-order valence-corrected chi connectivity index (χ3v) is 9.82. The van der Waals surface area contributed by atoms with E-state index in [-0.39, 0.29) is 33.6 Å². The number of piperidine rings is 1. The molecule has 0 spiro atoms. The summed E-state index contributed by atoms with van der Waals surface area (Å²) in [5.74, 6) is -1.41. The number of carbonyl (C=O) groups is 2. The Morgan fingerprint density at radius 1 is 1.11 bits per heavy atom. The lowest BCUT2D eigenvalue weighted by molar-refractivity contribution is -0.384. The molecule has 2 aromatic carbocycles. The van der Waals surface area contributed by atoms with Gasteiger partial charge in [-0.15, -0.1) is 11.3 Å². The summed E-state index contributed by atoms with van der Waals surface area (Å²) < 4.78 is 28.0. The van der Waals surface area contributed by atoms with Gasteiger partial charge in [0.25, 0.3) is 21.6 Å². The number of thiophene rings is 1. The lowest BCUT2D eigenvalue weighted by Gasteiger charge is -2.32. The van der Waals surface area contributed by atoms with Gasteiger partial charge in [0.15, 0.2) is 0 Å². The number of carboxylic acids is 1. The molecular formula is C25H26N4O7S2. The zero-order chi connectivity index (χ0) is 27.4. The molecule has 0 unspecified atom stereocenters. The smallest absolute Gasteiger partial charge is 0.336 e. The van der Waals surface area contributed by atoms with Crippen molar-refractivity contribution in [2.24, 2.45) is 0 Å². The molecule has 2 heterocycles. The molecule has 11 nitrogen and oxygen atoms in total. The average Bonchev–Trinajstić information content (AvgIpc) is 3.39. The van der Waals surface area contributed by atoms with Crippen LogP contribution in [0.1, 0.15) is 44.0 Å². The number of nitro groups is 1. The number of nitrogens with one attached hydrogen (secondary N) is 2. The molecule has 1 fully saturated rings. The van der Waals surface area contributed by atoms with Gasteiger partial charge in [-0.1, -0.05) is 6.07 Å². The highest BCUT2D eigenvalue weighted by atomic mass is 32.2. The van der Waals surface area contributed by atoms with E-state index in [9.17, 15) is 33.2 Å². The molecule has 1 aliphatic heterocycles. The number of nitro benzene ring substituents is 1. The number of sulfonamides is 1. The van der Waals surface area contributed by atoms with Gasteiger partial charge in [0.05, 0.1) is 17.0 Å². The first-order chi connectivity index (χ1) is 18.1. The number of amides is 1. The van der Waals surface area contributed by atoms with Crippen LogP contribution in [0.2, 0.25) is 0 Å². The van der Waals surface area contributed by atoms with Crippen molar-refractivity contribution in [1.82, 2.24) is 9.62 Å². The van der Waals surface area contributed by atoms with Crippen molar-refractivity contribution in [3.63, 3.8) is 0 Å². The molecule has 0 atom stereocenters. The Labute approximate surface area is 223 Å². The first kappa shape index (κ1) is 27.2. The van der Waals surface area contributed by atoms with Crippen molar-refractivity contribution in [3.8, 4) is 0 Å². The van der Waals surface area contributed by atoms with Gasteiger partial charge in [0.1, 0.15) is 4.21 Å². The average molecular weight is 559 g/mol. The van der Waals surface area contributed by atoms with Crippen LogP contribution in [-0.4, -0.2) is 53.8 Å². The third kappa shape index (κ3) is 6.01. The normalized spacial score (nSPS) is 14.7. The van der Waals surface area contributed by atoms with Crippen LogP contribution in [-0.2, 0) is 16.6 Å². The Morgan fingerprint density at radius 2 is 1.79 bits per heavy atom. The van der Waals surface area contributed by atoms with Gasteiger partial charge in [0.2, 0.25) is 0 Å². The predicted octanol–water partition coefficient (Wildman–Crippen LogP) is 3.86. The van der Waals surface area contributed by atoms with E-state index in [0.29, 0.717) is 36.4 Å². The molecule has 0 radical (unpaired) electrons. The fourth-order valence-electron chi connectivity index (χ4n) is 4.21. The molecule has 1 saturated heterocycles. The minimum absolute atomic E-state index is 0.0118. The van der Waals surface area contributed by atoms with E-state index in [4.69, 9.17) is 0 Å². The highest BCUT2D eigenvalue weighted by molar-refractivity contribution is 7.91. The zero-order valence-electron chi connectivity index (χ0n) is 20.4. The minimum atomic E-state index is -3.70. The largest absolute Gasteiger partial charge is 0.478 e. The van der Waals surface area contributed by atoms with Crippen molar-refractivity contribution in [3.05, 3.63) is 86.3 Å². The number of non-ortho nitro benzene ring substituents is 1. The Bertz CT molecular complexity index is 1460. The van der Waals surface area contributed by atoms with E-state index in [1.54, 1.807) is 25.1 Å². The van der Waals surface area contributed by atoms with E-state index in [1.807, 2.05) is 6.07 Å². The molecule has 13 heteroatoms. The molecule has 3 N–H and O–H groups in total. The quantitative estimate of drug-likeness (QED) is 0.264. The summed E-state index contributed by atoms with van der Waals surface area (Å²) in [5, 5.41) is 26.1. The first-order valence-corrected chi connectivity index (χ1v) is 14.0. The number of hydrogen-bond donors (Lipinski definition) is 3. The van der Waals surface area contributed by atoms with Gasteiger partial charge in [-0.3, -0.25) is 14.9 Å². The van der Waals surface area contributed by atoms with Crippen molar-refractivity contribution in [2.75, 3.05) is 18.4 Å². The molecule has 0 saturated carbocycles. The fourth-order valence-corrected chi connectivity index (χ4v) is 7.13. The molecule has 200 valence electrons. The van der Waals surface area contributed by atoms with Gasteiger partial charge in [0, 0.05) is 47.4 Å². The van der Waals surface area contributed by atoms with Gasteiger partial charge in [-0.2, -0.15) is 4.31 Å². The number of rotatable bonds is 9. The van der Waals surface area contributed by atoms with Crippen LogP contribution in [0.4, 0.5) is 11.4 Å². The van der Waals surface area contributed by atoms with Crippen molar-refractivity contribution < 1.29 is 28.0 Å². The monoisotopic (exact) mass is 558 g/mol. The first-order valence-electron chi connectivity index (χ1n) is 11.8. The van der Waals surface area contributed by atoms with E-state index in [0.717, 1.165) is 17.0 Å². The molecule has 1 aliphatic rings. The van der Waals surface area contributed by atoms with Crippen LogP contribution >= 0.6 is 11.3 Å². The van der Waals surface area contributed by atoms with Crippen molar-refractivity contribution in [1.29, 1.82) is 0 Å². The second-order valence-electron chi connectivity index (χ2n) is 8.81. The predicted molar refractivity (Wildman–Crippen MR) is 142 cm³/mol. The van der Waals surface area contributed by atoms with Crippen LogP contribution < -0.4 is 10.6 Å². The van der Waals surface area contributed by atoms with Gasteiger partial charge in [-0.25, -0.2) is 13.2 Å². The second kappa shape index (κ2) is 11.3. The topological polar surface area (TPSA) is 159 Å². The van der Waals surface area contributed by atoms with Gasteiger partial charge in [-0.05, 0) is 61.7 Å². The highest BCUT2D eigenvalue weighted by Gasteiger charge is 2.31. The number of hydrogen-bond acceptors (Lipinski definition) is 8. The molecule has 38 heavy (non-hydrogen) atoms. The SMILES string of the molecule is Cc1c(NC2CCN(S(=O)(=O)c3ccc(CNC(=O)c4ccc([N+](=O)[O-])cc4)s3)CC2)cccc1C(=O)O. The molecule has 4 rings (SSSR count). The lowest BCUT2D eigenvalue weighted by Crippen LogP contribution is -2.42. The maximum Gasteiger partial charge on any atom is 0.336 e. The second-order valence-corrected chi connectivity index (χ2v) is 12.1. The number of carbonyl (C=O) groups excluding carboxylic acids is 1. The number of nitrogens with zero attached hydrogens (tertiary/aromatic N) is 2. The molecule has 1 aromatic heterocycles. The Kier molecular flexibility index (Phi) is 8.09. The summed E-state index contributed by atoms with van der Waals surface area (Å²) in [7, 11) is -3.70. The maximum absolute atomic E-state index is 13.2. The van der Waals surface area contributed by atoms with E-state index < -0.39 is 26.8 Å². The molecule has 1 amide bonds. The van der Waals surface area contributed by atoms with E-state index in [1.165, 1.54) is 34.6 Å². The standard InChI is InChI=1S/C25H26N4O7S2/c1-16-21(25(31)32)3-2-4-22(16)27-18-11-13-28(14-12-18)38(35,36)23-10-9-20(37-23)15-26-24(30)17-5-7-19(8-6-17)29(33)34/h2-10,18,27H,11-15H2,1H3,(H,26,30)(H,31,32). The Balaban J connectivity index is 1.32. The molecular weight excluding hydrogens is 532 g/mol. The maximum atomic E-state index is 13.2. The zero-order valence-corrected chi connectivity index (χ0v) is 22.0. The summed E-state index contributed by atoms with van der Waals surface area (Å²) in [5.41, 5.74) is 1.75. The summed E-state index contributed by atoms with van der Waals surface area (Å²) in [6.07, 6.45) is 1.14. The number of anilines is 1.